The maximum absolute atomic E-state index is 13.0. The number of nitrogens with one attached hydrogen (secondary N) is 1. The van der Waals surface area contributed by atoms with Gasteiger partial charge in [-0.3, -0.25) is 9.78 Å². The Labute approximate surface area is 146 Å². The lowest BCUT2D eigenvalue weighted by Gasteiger charge is -2.29. The predicted molar refractivity (Wildman–Crippen MR) is 96.3 cm³/mol. The molecule has 2 aromatic heterocycles. The van der Waals surface area contributed by atoms with Crippen molar-refractivity contribution in [3.8, 4) is 0 Å². The SMILES string of the molecule is O=C(c1cnc2c(c1)CCNC2)N1CCn2c(cc3ccccc32)C1. The van der Waals surface area contributed by atoms with E-state index in [2.05, 4.69) is 45.2 Å². The Balaban J connectivity index is 1.43. The molecular weight excluding hydrogens is 312 g/mol. The van der Waals surface area contributed by atoms with Gasteiger partial charge < -0.3 is 14.8 Å². The van der Waals surface area contributed by atoms with Gasteiger partial charge in [-0.2, -0.15) is 0 Å². The lowest BCUT2D eigenvalue weighted by Crippen LogP contribution is -2.38. The van der Waals surface area contributed by atoms with E-state index in [4.69, 9.17) is 0 Å². The third-order valence-corrected chi connectivity index (χ3v) is 5.30. The Morgan fingerprint density at radius 3 is 3.04 bits per heavy atom. The van der Waals surface area contributed by atoms with E-state index in [0.29, 0.717) is 12.1 Å². The third kappa shape index (κ3) is 2.43. The number of pyridine rings is 1. The van der Waals surface area contributed by atoms with E-state index < -0.39 is 0 Å². The van der Waals surface area contributed by atoms with Gasteiger partial charge in [0.1, 0.15) is 0 Å². The average molecular weight is 332 g/mol. The summed E-state index contributed by atoms with van der Waals surface area (Å²) in [5, 5.41) is 4.56. The van der Waals surface area contributed by atoms with Crippen LogP contribution in [0.1, 0.15) is 27.3 Å². The quantitative estimate of drug-likeness (QED) is 0.744. The molecule has 2 aliphatic rings. The van der Waals surface area contributed by atoms with Crippen molar-refractivity contribution in [1.82, 2.24) is 19.8 Å². The number of amides is 1. The van der Waals surface area contributed by atoms with Crippen molar-refractivity contribution >= 4 is 16.8 Å². The van der Waals surface area contributed by atoms with Crippen LogP contribution in [0, 0.1) is 0 Å². The number of para-hydroxylation sites is 1. The molecule has 0 atom stereocenters. The number of carbonyl (C=O) groups excluding carboxylic acids is 1. The summed E-state index contributed by atoms with van der Waals surface area (Å²) in [6, 6.07) is 12.7. The van der Waals surface area contributed by atoms with E-state index in [9.17, 15) is 4.79 Å². The monoisotopic (exact) mass is 332 g/mol. The van der Waals surface area contributed by atoms with Crippen LogP contribution in [0.25, 0.3) is 10.9 Å². The highest BCUT2D eigenvalue weighted by Crippen LogP contribution is 2.25. The first-order chi connectivity index (χ1) is 12.3. The molecule has 0 unspecified atom stereocenters. The average Bonchev–Trinajstić information content (AvgIpc) is 3.04. The Kier molecular flexibility index (Phi) is 3.35. The molecule has 0 saturated carbocycles. The van der Waals surface area contributed by atoms with Crippen molar-refractivity contribution < 1.29 is 4.79 Å². The molecule has 4 heterocycles. The van der Waals surface area contributed by atoms with Gasteiger partial charge >= 0.3 is 0 Å². The summed E-state index contributed by atoms with van der Waals surface area (Å²) in [5.74, 6) is 0.0883. The first-order valence-corrected chi connectivity index (χ1v) is 8.84. The summed E-state index contributed by atoms with van der Waals surface area (Å²) in [6.45, 7) is 4.00. The van der Waals surface area contributed by atoms with Gasteiger partial charge in [-0.05, 0) is 42.1 Å². The smallest absolute Gasteiger partial charge is 0.255 e. The fraction of sp³-hybridized carbons (Fsp3) is 0.300. The third-order valence-electron chi connectivity index (χ3n) is 5.30. The maximum atomic E-state index is 13.0. The van der Waals surface area contributed by atoms with Gasteiger partial charge in [0.25, 0.3) is 5.91 Å². The molecule has 2 aliphatic heterocycles. The topological polar surface area (TPSA) is 50.2 Å². The molecule has 1 N–H and O–H groups in total. The van der Waals surface area contributed by atoms with Gasteiger partial charge in [0.05, 0.1) is 17.8 Å². The standard InChI is InChI=1S/C20H20N4O/c25-20(16-9-14-5-6-21-12-18(14)22-11-16)23-7-8-24-17(13-23)10-15-3-1-2-4-19(15)24/h1-4,9-11,21H,5-8,12-13H2. The number of rotatable bonds is 1. The molecule has 1 amide bonds. The van der Waals surface area contributed by atoms with E-state index >= 15 is 0 Å². The van der Waals surface area contributed by atoms with Crippen molar-refractivity contribution in [2.45, 2.75) is 26.1 Å². The second kappa shape index (κ2) is 5.70. The van der Waals surface area contributed by atoms with Crippen LogP contribution in [0.15, 0.2) is 42.6 Å². The van der Waals surface area contributed by atoms with Gasteiger partial charge in [0.15, 0.2) is 0 Å². The largest absolute Gasteiger partial charge is 0.341 e. The van der Waals surface area contributed by atoms with Gasteiger partial charge in [0.2, 0.25) is 0 Å². The fourth-order valence-corrected chi connectivity index (χ4v) is 3.97. The molecule has 1 aromatic carbocycles. The van der Waals surface area contributed by atoms with E-state index in [0.717, 1.165) is 38.3 Å². The number of nitrogens with zero attached hydrogens (tertiary/aromatic N) is 3. The number of fused-ring (bicyclic) bond motifs is 4. The number of carbonyl (C=O) groups is 1. The summed E-state index contributed by atoms with van der Waals surface area (Å²) in [6.07, 6.45) is 2.68. The van der Waals surface area contributed by atoms with Crippen LogP contribution < -0.4 is 5.32 Å². The zero-order chi connectivity index (χ0) is 16.8. The molecule has 0 spiro atoms. The fourth-order valence-electron chi connectivity index (χ4n) is 3.97. The number of benzene rings is 1. The second-order valence-electron chi connectivity index (χ2n) is 6.83. The minimum atomic E-state index is 0.0883. The minimum Gasteiger partial charge on any atom is -0.341 e. The second-order valence-corrected chi connectivity index (χ2v) is 6.83. The predicted octanol–water partition coefficient (Wildman–Crippen LogP) is 2.34. The Bertz CT molecular complexity index is 975. The van der Waals surface area contributed by atoms with Crippen LogP contribution in [-0.2, 0) is 26.1 Å². The van der Waals surface area contributed by atoms with Crippen LogP contribution in [0.3, 0.4) is 0 Å². The van der Waals surface area contributed by atoms with Crippen molar-refractivity contribution in [2.24, 2.45) is 0 Å². The van der Waals surface area contributed by atoms with Crippen molar-refractivity contribution in [3.63, 3.8) is 0 Å². The van der Waals surface area contributed by atoms with E-state index in [-0.39, 0.29) is 5.91 Å². The van der Waals surface area contributed by atoms with Gasteiger partial charge in [-0.15, -0.1) is 0 Å². The molecule has 0 radical (unpaired) electrons. The number of hydrogen-bond acceptors (Lipinski definition) is 3. The summed E-state index contributed by atoms with van der Waals surface area (Å²) in [7, 11) is 0. The van der Waals surface area contributed by atoms with Crippen molar-refractivity contribution in [2.75, 3.05) is 13.1 Å². The minimum absolute atomic E-state index is 0.0883. The van der Waals surface area contributed by atoms with Gasteiger partial charge in [0, 0.05) is 37.0 Å². The molecule has 3 aromatic rings. The van der Waals surface area contributed by atoms with Crippen LogP contribution in [0.4, 0.5) is 0 Å². The highest BCUT2D eigenvalue weighted by Gasteiger charge is 2.24. The Hall–Kier alpha value is -2.66. The maximum Gasteiger partial charge on any atom is 0.255 e. The van der Waals surface area contributed by atoms with Crippen molar-refractivity contribution in [3.05, 3.63) is 65.1 Å². The molecular formula is C20H20N4O. The normalized spacial score (nSPS) is 16.6. The molecule has 0 saturated heterocycles. The molecule has 0 fully saturated rings. The molecule has 0 aliphatic carbocycles. The zero-order valence-electron chi connectivity index (χ0n) is 14.0. The van der Waals surface area contributed by atoms with Gasteiger partial charge in [-0.25, -0.2) is 0 Å². The van der Waals surface area contributed by atoms with Crippen molar-refractivity contribution in [1.29, 1.82) is 0 Å². The molecule has 5 heteroatoms. The van der Waals surface area contributed by atoms with E-state index in [1.54, 1.807) is 6.20 Å². The van der Waals surface area contributed by atoms with Crippen LogP contribution in [-0.4, -0.2) is 33.4 Å². The molecule has 126 valence electrons. The first-order valence-electron chi connectivity index (χ1n) is 8.84. The molecule has 25 heavy (non-hydrogen) atoms. The first kappa shape index (κ1) is 14.7. The zero-order valence-corrected chi connectivity index (χ0v) is 14.0. The molecule has 5 rings (SSSR count). The highest BCUT2D eigenvalue weighted by molar-refractivity contribution is 5.94. The highest BCUT2D eigenvalue weighted by atomic mass is 16.2. The van der Waals surface area contributed by atoms with E-state index in [1.165, 1.54) is 22.2 Å². The van der Waals surface area contributed by atoms with Crippen LogP contribution >= 0.6 is 0 Å². The lowest BCUT2D eigenvalue weighted by atomic mass is 10.0. The summed E-state index contributed by atoms with van der Waals surface area (Å²) < 4.78 is 2.33. The molecule has 0 bridgehead atoms. The van der Waals surface area contributed by atoms with Crippen LogP contribution in [0.2, 0.25) is 0 Å². The summed E-state index contributed by atoms with van der Waals surface area (Å²) >= 11 is 0. The molecule has 5 nitrogen and oxygen atoms in total. The Morgan fingerprint density at radius 1 is 1.16 bits per heavy atom. The number of aromatic nitrogens is 2. The summed E-state index contributed by atoms with van der Waals surface area (Å²) in [4.78, 5) is 19.4. The van der Waals surface area contributed by atoms with Gasteiger partial charge in [-0.1, -0.05) is 18.2 Å². The lowest BCUT2D eigenvalue weighted by molar-refractivity contribution is 0.0712. The summed E-state index contributed by atoms with van der Waals surface area (Å²) in [5.41, 5.74) is 5.45. The Morgan fingerprint density at radius 2 is 2.08 bits per heavy atom. The van der Waals surface area contributed by atoms with E-state index in [1.807, 2.05) is 11.0 Å². The number of hydrogen-bond donors (Lipinski definition) is 1. The van der Waals surface area contributed by atoms with Crippen LogP contribution in [0.5, 0.6) is 0 Å².